The van der Waals surface area contributed by atoms with Gasteiger partial charge in [-0.25, -0.2) is 4.39 Å². The van der Waals surface area contributed by atoms with E-state index in [0.717, 1.165) is 34.6 Å². The largest absolute Gasteiger partial charge is 0.349 e. The number of thiazole rings is 1. The van der Waals surface area contributed by atoms with Crippen molar-refractivity contribution in [2.24, 2.45) is 0 Å². The van der Waals surface area contributed by atoms with Crippen molar-refractivity contribution in [2.45, 2.75) is 25.8 Å². The zero-order chi connectivity index (χ0) is 20.5. The molecule has 0 aliphatic heterocycles. The SMILES string of the molecule is Cc1ccsc1/C=c1/s/c(=C(/C#N)C(=O)NC2CC2)n(-c2ccc(F)cc2)c1=O. The molecule has 1 amide bonds. The number of hydrogen-bond donors (Lipinski definition) is 1. The molecule has 0 unspecified atom stereocenters. The molecule has 2 heterocycles. The van der Waals surface area contributed by atoms with E-state index in [1.54, 1.807) is 6.08 Å². The average molecular weight is 426 g/mol. The number of nitrogens with one attached hydrogen (secondary N) is 1. The molecule has 8 heteroatoms. The summed E-state index contributed by atoms with van der Waals surface area (Å²) in [5.41, 5.74) is 0.966. The number of aromatic nitrogens is 1. The Morgan fingerprint density at radius 1 is 1.31 bits per heavy atom. The highest BCUT2D eigenvalue weighted by atomic mass is 32.1. The second-order valence-corrected chi connectivity index (χ2v) is 8.71. The number of hydrogen-bond acceptors (Lipinski definition) is 5. The molecule has 0 radical (unpaired) electrons. The summed E-state index contributed by atoms with van der Waals surface area (Å²) in [6, 6.07) is 9.39. The van der Waals surface area contributed by atoms with Gasteiger partial charge in [0, 0.05) is 10.9 Å². The zero-order valence-electron chi connectivity index (χ0n) is 15.4. The summed E-state index contributed by atoms with van der Waals surface area (Å²) in [5, 5.41) is 14.4. The molecular weight excluding hydrogens is 409 g/mol. The Morgan fingerprint density at radius 3 is 2.62 bits per heavy atom. The van der Waals surface area contributed by atoms with Crippen molar-refractivity contribution in [2.75, 3.05) is 0 Å². The highest BCUT2D eigenvalue weighted by molar-refractivity contribution is 7.11. The van der Waals surface area contributed by atoms with Crippen molar-refractivity contribution in [3.05, 3.63) is 71.5 Å². The molecule has 1 aliphatic rings. The molecule has 0 saturated heterocycles. The number of amides is 1. The van der Waals surface area contributed by atoms with E-state index >= 15 is 0 Å². The van der Waals surface area contributed by atoms with Gasteiger partial charge in [0.15, 0.2) is 5.57 Å². The lowest BCUT2D eigenvalue weighted by molar-refractivity contribution is -0.115. The Balaban J connectivity index is 2.00. The maximum absolute atomic E-state index is 13.4. The summed E-state index contributed by atoms with van der Waals surface area (Å²) >= 11 is 2.59. The van der Waals surface area contributed by atoms with Gasteiger partial charge < -0.3 is 5.32 Å². The molecule has 2 aromatic heterocycles. The number of nitrogens with zero attached hydrogens (tertiary/aromatic N) is 2. The van der Waals surface area contributed by atoms with Crippen molar-refractivity contribution >= 4 is 40.2 Å². The van der Waals surface area contributed by atoms with E-state index in [0.29, 0.717) is 10.2 Å². The molecule has 5 nitrogen and oxygen atoms in total. The van der Waals surface area contributed by atoms with Crippen LogP contribution in [0.1, 0.15) is 23.3 Å². The Morgan fingerprint density at radius 2 is 2.03 bits per heavy atom. The van der Waals surface area contributed by atoms with E-state index in [1.165, 1.54) is 40.2 Å². The third-order valence-electron chi connectivity index (χ3n) is 4.54. The van der Waals surface area contributed by atoms with Gasteiger partial charge in [-0.3, -0.25) is 14.2 Å². The number of rotatable bonds is 4. The van der Waals surface area contributed by atoms with Crippen LogP contribution in [-0.4, -0.2) is 16.5 Å². The fourth-order valence-electron chi connectivity index (χ4n) is 2.81. The van der Waals surface area contributed by atoms with Crippen LogP contribution in [0.3, 0.4) is 0 Å². The Kier molecular flexibility index (Phi) is 5.18. The van der Waals surface area contributed by atoms with Gasteiger partial charge in [-0.15, -0.1) is 22.7 Å². The number of thiophene rings is 1. The predicted molar refractivity (Wildman–Crippen MR) is 112 cm³/mol. The van der Waals surface area contributed by atoms with Gasteiger partial charge >= 0.3 is 0 Å². The topological polar surface area (TPSA) is 74.9 Å². The fraction of sp³-hybridized carbons (Fsp3) is 0.190. The van der Waals surface area contributed by atoms with Crippen LogP contribution in [0.15, 0.2) is 40.5 Å². The van der Waals surface area contributed by atoms with Gasteiger partial charge in [0.2, 0.25) is 0 Å². The lowest BCUT2D eigenvalue weighted by Crippen LogP contribution is -2.34. The van der Waals surface area contributed by atoms with Crippen LogP contribution in [0.4, 0.5) is 4.39 Å². The molecule has 1 fully saturated rings. The Labute approximate surface area is 173 Å². The number of carbonyl (C=O) groups excluding carboxylic acids is 1. The van der Waals surface area contributed by atoms with E-state index in [2.05, 4.69) is 5.32 Å². The highest BCUT2D eigenvalue weighted by Gasteiger charge is 2.26. The molecule has 4 rings (SSSR count). The summed E-state index contributed by atoms with van der Waals surface area (Å²) in [4.78, 5) is 26.7. The van der Waals surface area contributed by atoms with E-state index in [-0.39, 0.29) is 21.8 Å². The van der Waals surface area contributed by atoms with Crippen molar-refractivity contribution in [3.8, 4) is 11.8 Å². The second-order valence-electron chi connectivity index (χ2n) is 6.74. The Bertz CT molecular complexity index is 1310. The number of nitriles is 1. The first kappa shape index (κ1) is 19.3. The molecule has 1 aromatic carbocycles. The zero-order valence-corrected chi connectivity index (χ0v) is 17.1. The molecular formula is C21H16FN3O2S2. The van der Waals surface area contributed by atoms with Crippen molar-refractivity contribution < 1.29 is 9.18 Å². The number of aryl methyl sites for hydroxylation is 1. The first-order chi connectivity index (χ1) is 14.0. The van der Waals surface area contributed by atoms with Crippen LogP contribution in [0, 0.1) is 24.1 Å². The monoisotopic (exact) mass is 425 g/mol. The summed E-state index contributed by atoms with van der Waals surface area (Å²) in [6.07, 6.45) is 3.54. The molecule has 0 bridgehead atoms. The van der Waals surface area contributed by atoms with E-state index < -0.39 is 11.7 Å². The van der Waals surface area contributed by atoms with Gasteiger partial charge in [0.25, 0.3) is 11.5 Å². The maximum Gasteiger partial charge on any atom is 0.273 e. The third kappa shape index (κ3) is 3.92. The summed E-state index contributed by atoms with van der Waals surface area (Å²) < 4.78 is 15.3. The normalized spacial score (nSPS) is 15.1. The van der Waals surface area contributed by atoms with Crippen molar-refractivity contribution in [1.82, 2.24) is 9.88 Å². The molecule has 3 aromatic rings. The van der Waals surface area contributed by atoms with E-state index in [4.69, 9.17) is 0 Å². The lowest BCUT2D eigenvalue weighted by Gasteiger charge is -2.04. The minimum absolute atomic E-state index is 0.0802. The van der Waals surface area contributed by atoms with Crippen molar-refractivity contribution in [3.63, 3.8) is 0 Å². The molecule has 1 N–H and O–H groups in total. The van der Waals surface area contributed by atoms with Gasteiger partial charge in [-0.2, -0.15) is 5.26 Å². The lowest BCUT2D eigenvalue weighted by atomic mass is 10.2. The molecule has 1 saturated carbocycles. The van der Waals surface area contributed by atoms with Crippen LogP contribution in [0.5, 0.6) is 0 Å². The van der Waals surface area contributed by atoms with Crippen molar-refractivity contribution in [1.29, 1.82) is 5.26 Å². The summed E-state index contributed by atoms with van der Waals surface area (Å²) in [5.74, 6) is -0.929. The predicted octanol–water partition coefficient (Wildman–Crippen LogP) is 2.19. The minimum Gasteiger partial charge on any atom is -0.349 e. The highest BCUT2D eigenvalue weighted by Crippen LogP contribution is 2.19. The van der Waals surface area contributed by atoms with Gasteiger partial charge in [-0.1, -0.05) is 0 Å². The number of halogens is 1. The maximum atomic E-state index is 13.4. The van der Waals surface area contributed by atoms with Crippen LogP contribution in [-0.2, 0) is 4.79 Å². The molecule has 0 atom stereocenters. The van der Waals surface area contributed by atoms with Crippen LogP contribution < -0.4 is 20.1 Å². The molecule has 29 heavy (non-hydrogen) atoms. The van der Waals surface area contributed by atoms with Crippen LogP contribution >= 0.6 is 22.7 Å². The molecule has 146 valence electrons. The quantitative estimate of drug-likeness (QED) is 0.696. The van der Waals surface area contributed by atoms with E-state index in [9.17, 15) is 19.2 Å². The van der Waals surface area contributed by atoms with Gasteiger partial charge in [0.1, 0.15) is 16.5 Å². The number of benzene rings is 1. The van der Waals surface area contributed by atoms with Gasteiger partial charge in [0.05, 0.1) is 10.2 Å². The average Bonchev–Trinajstić information content (AvgIpc) is 3.34. The smallest absolute Gasteiger partial charge is 0.273 e. The first-order valence-corrected chi connectivity index (χ1v) is 10.7. The molecule has 0 spiro atoms. The Hall–Kier alpha value is -3.02. The van der Waals surface area contributed by atoms with Crippen LogP contribution in [0.2, 0.25) is 0 Å². The summed E-state index contributed by atoms with van der Waals surface area (Å²) in [6.45, 7) is 1.95. The second kappa shape index (κ2) is 7.78. The minimum atomic E-state index is -0.494. The van der Waals surface area contributed by atoms with Crippen LogP contribution in [0.25, 0.3) is 17.3 Å². The fourth-order valence-corrected chi connectivity index (χ4v) is 4.82. The molecule has 1 aliphatic carbocycles. The third-order valence-corrected chi connectivity index (χ3v) is 6.60. The first-order valence-electron chi connectivity index (χ1n) is 8.97. The number of carbonyl (C=O) groups is 1. The van der Waals surface area contributed by atoms with E-state index in [1.807, 2.05) is 24.4 Å². The standard InChI is InChI=1S/C21H16FN3O2S2/c1-12-8-9-28-17(12)10-18-20(27)25(15-6-2-13(22)3-7-15)21(29-18)16(11-23)19(26)24-14-4-5-14/h2-3,6-10,14H,4-5H2,1H3,(H,24,26)/b18-10+,21-16-. The summed E-state index contributed by atoms with van der Waals surface area (Å²) in [7, 11) is 0. The van der Waals surface area contributed by atoms with Gasteiger partial charge in [-0.05, 0) is 67.1 Å².